The molecule has 0 heterocycles. The Balaban J connectivity index is 2.92. The second kappa shape index (κ2) is 4.50. The highest BCUT2D eigenvalue weighted by atomic mass is 35.5. The fourth-order valence-electron chi connectivity index (χ4n) is 1.81. The molecule has 0 aliphatic heterocycles. The number of fused-ring (bicyclic) bond motifs is 1. The van der Waals surface area contributed by atoms with Crippen LogP contribution in [-0.4, -0.2) is 6.72 Å². The van der Waals surface area contributed by atoms with Crippen LogP contribution in [0.4, 0.5) is 5.69 Å². The van der Waals surface area contributed by atoms with Crippen LogP contribution >= 0.6 is 11.6 Å². The van der Waals surface area contributed by atoms with Crippen LogP contribution in [0.2, 0.25) is 5.02 Å². The van der Waals surface area contributed by atoms with E-state index in [0.717, 1.165) is 22.0 Å². The second-order valence-electron chi connectivity index (χ2n) is 3.49. The Morgan fingerprint density at radius 2 is 1.94 bits per heavy atom. The monoisotopic (exact) mass is 229 g/mol. The predicted molar refractivity (Wildman–Crippen MR) is 72.9 cm³/mol. The molecule has 0 N–H and O–H groups in total. The van der Waals surface area contributed by atoms with Gasteiger partial charge >= 0.3 is 0 Å². The quantitative estimate of drug-likeness (QED) is 0.653. The summed E-state index contributed by atoms with van der Waals surface area (Å²) in [5.74, 6) is 0. The van der Waals surface area contributed by atoms with Crippen LogP contribution in [0.1, 0.15) is 12.5 Å². The topological polar surface area (TPSA) is 12.4 Å². The van der Waals surface area contributed by atoms with E-state index in [1.54, 1.807) is 0 Å². The van der Waals surface area contributed by atoms with Crippen LogP contribution < -0.4 is 0 Å². The van der Waals surface area contributed by atoms with Crippen molar-refractivity contribution < 1.29 is 0 Å². The van der Waals surface area contributed by atoms with Crippen molar-refractivity contribution in [1.29, 1.82) is 0 Å². The number of hydrogen-bond donors (Lipinski definition) is 0. The van der Waals surface area contributed by atoms with Gasteiger partial charge in [0.05, 0.1) is 10.7 Å². The van der Waals surface area contributed by atoms with Gasteiger partial charge in [0.2, 0.25) is 0 Å². The number of aliphatic imine (C=N–C) groups is 1. The van der Waals surface area contributed by atoms with Gasteiger partial charge in [-0.05, 0) is 25.1 Å². The average molecular weight is 230 g/mol. The zero-order chi connectivity index (χ0) is 11.5. The van der Waals surface area contributed by atoms with Gasteiger partial charge in [0.1, 0.15) is 0 Å². The van der Waals surface area contributed by atoms with Crippen molar-refractivity contribution in [2.75, 3.05) is 0 Å². The van der Waals surface area contributed by atoms with Gasteiger partial charge < -0.3 is 0 Å². The lowest BCUT2D eigenvalue weighted by Crippen LogP contribution is -1.81. The summed E-state index contributed by atoms with van der Waals surface area (Å²) in [5.41, 5.74) is 1.89. The molecule has 2 rings (SSSR count). The lowest BCUT2D eigenvalue weighted by Gasteiger charge is -2.08. The Kier molecular flexibility index (Phi) is 3.07. The first-order chi connectivity index (χ1) is 7.77. The van der Waals surface area contributed by atoms with Crippen LogP contribution in [0.3, 0.4) is 0 Å². The van der Waals surface area contributed by atoms with Crippen molar-refractivity contribution in [2.24, 2.45) is 4.99 Å². The summed E-state index contributed by atoms with van der Waals surface area (Å²) in [4.78, 5) is 4.01. The first-order valence-corrected chi connectivity index (χ1v) is 5.46. The number of halogens is 1. The summed E-state index contributed by atoms with van der Waals surface area (Å²) in [6, 6.07) is 9.89. The first-order valence-electron chi connectivity index (χ1n) is 5.08. The van der Waals surface area contributed by atoms with Crippen molar-refractivity contribution in [1.82, 2.24) is 0 Å². The summed E-state index contributed by atoms with van der Waals surface area (Å²) >= 11 is 6.20. The maximum Gasteiger partial charge on any atom is 0.0715 e. The zero-order valence-corrected chi connectivity index (χ0v) is 9.83. The minimum Gasteiger partial charge on any atom is -0.264 e. The van der Waals surface area contributed by atoms with E-state index in [1.165, 1.54) is 0 Å². The summed E-state index contributed by atoms with van der Waals surface area (Å²) in [7, 11) is 0. The molecule has 0 bridgehead atoms. The van der Waals surface area contributed by atoms with Crippen molar-refractivity contribution in [2.45, 2.75) is 6.92 Å². The van der Waals surface area contributed by atoms with E-state index in [2.05, 4.69) is 11.7 Å². The minimum absolute atomic E-state index is 0.714. The Morgan fingerprint density at radius 3 is 2.56 bits per heavy atom. The molecule has 0 amide bonds. The molecule has 0 fully saturated rings. The lowest BCUT2D eigenvalue weighted by molar-refractivity contribution is 1.55. The summed E-state index contributed by atoms with van der Waals surface area (Å²) in [6.07, 6.45) is 4.02. The minimum atomic E-state index is 0.714. The highest BCUT2D eigenvalue weighted by Crippen LogP contribution is 2.34. The van der Waals surface area contributed by atoms with E-state index in [-0.39, 0.29) is 0 Å². The van der Waals surface area contributed by atoms with Gasteiger partial charge in [-0.3, -0.25) is 4.99 Å². The van der Waals surface area contributed by atoms with E-state index in [1.807, 2.05) is 49.4 Å². The third kappa shape index (κ3) is 1.74. The molecule has 0 aliphatic carbocycles. The molecule has 0 spiro atoms. The first kappa shape index (κ1) is 10.9. The van der Waals surface area contributed by atoms with Crippen molar-refractivity contribution in [3.05, 3.63) is 47.0 Å². The average Bonchev–Trinajstić information content (AvgIpc) is 2.33. The van der Waals surface area contributed by atoms with Crippen LogP contribution in [0.25, 0.3) is 16.8 Å². The Hall–Kier alpha value is -1.60. The van der Waals surface area contributed by atoms with Crippen molar-refractivity contribution in [3.8, 4) is 0 Å². The van der Waals surface area contributed by atoms with Crippen LogP contribution in [0, 0.1) is 0 Å². The molecule has 2 heteroatoms. The molecule has 0 saturated heterocycles. The summed E-state index contributed by atoms with van der Waals surface area (Å²) < 4.78 is 0. The smallest absolute Gasteiger partial charge is 0.0715 e. The van der Waals surface area contributed by atoms with Crippen LogP contribution in [0.15, 0.2) is 41.4 Å². The second-order valence-corrected chi connectivity index (χ2v) is 3.90. The zero-order valence-electron chi connectivity index (χ0n) is 9.07. The molecule has 1 nitrogen and oxygen atoms in total. The predicted octanol–water partition coefficient (Wildman–Crippen LogP) is 4.86. The van der Waals surface area contributed by atoms with Gasteiger partial charge in [0, 0.05) is 10.9 Å². The number of benzene rings is 2. The molecule has 0 aliphatic rings. The van der Waals surface area contributed by atoms with Gasteiger partial charge in [0.15, 0.2) is 0 Å². The van der Waals surface area contributed by atoms with Gasteiger partial charge in [-0.2, -0.15) is 0 Å². The standard InChI is InChI=1S/C14H12ClN/c1-3-6-12-10-7-4-5-8-11(10)13(15)9-14(12)16-2/h3-9H,2H2,1H3/b6-3-. The van der Waals surface area contributed by atoms with Crippen LogP contribution in [-0.2, 0) is 0 Å². The third-order valence-corrected chi connectivity index (χ3v) is 2.83. The largest absolute Gasteiger partial charge is 0.264 e. The maximum atomic E-state index is 6.20. The summed E-state index contributed by atoms with van der Waals surface area (Å²) in [5, 5.41) is 2.87. The normalized spacial score (nSPS) is 11.1. The Morgan fingerprint density at radius 1 is 1.25 bits per heavy atom. The van der Waals surface area contributed by atoms with Gasteiger partial charge in [0.25, 0.3) is 0 Å². The summed E-state index contributed by atoms with van der Waals surface area (Å²) in [6.45, 7) is 5.56. The molecule has 0 atom stereocenters. The fourth-order valence-corrected chi connectivity index (χ4v) is 2.08. The van der Waals surface area contributed by atoms with E-state index in [0.29, 0.717) is 5.02 Å². The molecular formula is C14H12ClN. The van der Waals surface area contributed by atoms with E-state index in [9.17, 15) is 0 Å². The molecule has 2 aromatic rings. The molecule has 0 radical (unpaired) electrons. The van der Waals surface area contributed by atoms with E-state index >= 15 is 0 Å². The number of rotatable bonds is 2. The molecule has 0 aromatic heterocycles. The highest BCUT2D eigenvalue weighted by molar-refractivity contribution is 6.36. The Labute approximate surface area is 100 Å². The SMILES string of the molecule is C=Nc1cc(Cl)c2ccccc2c1/C=C\C. The van der Waals surface area contributed by atoms with Crippen molar-refractivity contribution >= 4 is 40.9 Å². The van der Waals surface area contributed by atoms with Gasteiger partial charge in [-0.15, -0.1) is 0 Å². The molecular weight excluding hydrogens is 218 g/mol. The van der Waals surface area contributed by atoms with E-state index in [4.69, 9.17) is 11.6 Å². The third-order valence-electron chi connectivity index (χ3n) is 2.52. The molecule has 0 unspecified atom stereocenters. The molecule has 80 valence electrons. The Bertz CT molecular complexity index is 570. The molecule has 16 heavy (non-hydrogen) atoms. The fraction of sp³-hybridized carbons (Fsp3) is 0.0714. The molecule has 0 saturated carbocycles. The van der Waals surface area contributed by atoms with Crippen LogP contribution in [0.5, 0.6) is 0 Å². The number of nitrogens with zero attached hydrogens (tertiary/aromatic N) is 1. The van der Waals surface area contributed by atoms with Crippen molar-refractivity contribution in [3.63, 3.8) is 0 Å². The van der Waals surface area contributed by atoms with E-state index < -0.39 is 0 Å². The molecule has 2 aromatic carbocycles. The van der Waals surface area contributed by atoms with Gasteiger partial charge in [-0.1, -0.05) is 48.0 Å². The number of hydrogen-bond acceptors (Lipinski definition) is 1. The highest BCUT2D eigenvalue weighted by Gasteiger charge is 2.07. The lowest BCUT2D eigenvalue weighted by atomic mass is 10.0. The van der Waals surface area contributed by atoms with Gasteiger partial charge in [-0.25, -0.2) is 0 Å². The maximum absolute atomic E-state index is 6.20. The number of allylic oxidation sites excluding steroid dienone is 1.